The van der Waals surface area contributed by atoms with E-state index in [1.54, 1.807) is 15.7 Å². The maximum Gasteiger partial charge on any atom is 0.306 e. The van der Waals surface area contributed by atoms with Gasteiger partial charge in [0.2, 0.25) is 5.91 Å². The third-order valence-corrected chi connectivity index (χ3v) is 4.48. The van der Waals surface area contributed by atoms with E-state index in [2.05, 4.69) is 12.0 Å². The van der Waals surface area contributed by atoms with Gasteiger partial charge in [0.25, 0.3) is 0 Å². The van der Waals surface area contributed by atoms with Crippen molar-refractivity contribution in [2.75, 3.05) is 19.7 Å². The predicted octanol–water partition coefficient (Wildman–Crippen LogP) is 2.36. The van der Waals surface area contributed by atoms with Crippen molar-refractivity contribution in [1.29, 1.82) is 0 Å². The van der Waals surface area contributed by atoms with E-state index in [1.165, 1.54) is 6.08 Å². The van der Waals surface area contributed by atoms with Crippen LogP contribution in [0, 0.1) is 6.92 Å². The largest absolute Gasteiger partial charge is 0.481 e. The van der Waals surface area contributed by atoms with Crippen LogP contribution in [0.2, 0.25) is 5.15 Å². The third kappa shape index (κ3) is 5.31. The molecule has 1 fully saturated rings. The second-order valence-electron chi connectivity index (χ2n) is 6.07. The molecule has 0 radical (unpaired) electrons. The maximum atomic E-state index is 12.4. The molecule has 8 heteroatoms. The third-order valence-electron chi connectivity index (χ3n) is 4.08. The molecule has 2 rings (SSSR count). The molecule has 0 saturated carbocycles. The van der Waals surface area contributed by atoms with Gasteiger partial charge >= 0.3 is 5.97 Å². The van der Waals surface area contributed by atoms with Crippen LogP contribution in [0.1, 0.15) is 37.4 Å². The van der Waals surface area contributed by atoms with Gasteiger partial charge in [-0.25, -0.2) is 0 Å². The van der Waals surface area contributed by atoms with Crippen LogP contribution in [0.25, 0.3) is 6.08 Å². The summed E-state index contributed by atoms with van der Waals surface area (Å²) in [6.07, 6.45) is 4.60. The van der Waals surface area contributed by atoms with Crippen molar-refractivity contribution in [2.45, 2.75) is 45.8 Å². The highest BCUT2D eigenvalue weighted by Crippen LogP contribution is 2.22. The maximum absolute atomic E-state index is 12.4. The minimum Gasteiger partial charge on any atom is -0.481 e. The molecule has 7 nitrogen and oxygen atoms in total. The molecule has 0 bridgehead atoms. The zero-order chi connectivity index (χ0) is 18.4. The number of ether oxygens (including phenoxy) is 1. The minimum atomic E-state index is -0.934. The van der Waals surface area contributed by atoms with Gasteiger partial charge in [-0.3, -0.25) is 14.3 Å². The Labute approximate surface area is 152 Å². The average molecular weight is 370 g/mol. The summed E-state index contributed by atoms with van der Waals surface area (Å²) < 4.78 is 7.13. The van der Waals surface area contributed by atoms with Gasteiger partial charge in [-0.15, -0.1) is 0 Å². The highest BCUT2D eigenvalue weighted by molar-refractivity contribution is 6.31. The van der Waals surface area contributed by atoms with Crippen LogP contribution < -0.4 is 0 Å². The van der Waals surface area contributed by atoms with Crippen LogP contribution in [0.3, 0.4) is 0 Å². The highest BCUT2D eigenvalue weighted by atomic mass is 35.5. The van der Waals surface area contributed by atoms with Crippen LogP contribution in [0.15, 0.2) is 6.08 Å². The Morgan fingerprint density at radius 3 is 2.92 bits per heavy atom. The number of carboxylic acid groups (broad SMARTS) is 1. The van der Waals surface area contributed by atoms with E-state index in [4.69, 9.17) is 21.4 Å². The van der Waals surface area contributed by atoms with Gasteiger partial charge in [0, 0.05) is 31.3 Å². The number of carbonyl (C=O) groups excluding carboxylic acids is 1. The standard InChI is InChI=1S/C17H24ClN3O4/c1-3-4-7-21-17(18)14(12(2)19-21)5-6-15(22)20-8-9-25-13(11-20)10-16(23)24/h5-6,13H,3-4,7-11H2,1-2H3,(H,23,24)/b6-5+. The van der Waals surface area contributed by atoms with Crippen molar-refractivity contribution in [1.82, 2.24) is 14.7 Å². The number of carbonyl (C=O) groups is 2. The van der Waals surface area contributed by atoms with Gasteiger partial charge in [0.05, 0.1) is 24.8 Å². The van der Waals surface area contributed by atoms with E-state index in [9.17, 15) is 9.59 Å². The lowest BCUT2D eigenvalue weighted by molar-refractivity contribution is -0.145. The first-order valence-corrected chi connectivity index (χ1v) is 8.83. The number of morpholine rings is 1. The number of halogens is 1. The number of carboxylic acids is 1. The molecule has 1 aromatic heterocycles. The SMILES string of the molecule is CCCCn1nc(C)c(/C=C/C(=O)N2CCOC(CC(=O)O)C2)c1Cl. The summed E-state index contributed by atoms with van der Waals surface area (Å²) in [6.45, 7) is 5.77. The number of amides is 1. The zero-order valence-corrected chi connectivity index (χ0v) is 15.3. The van der Waals surface area contributed by atoms with E-state index in [0.29, 0.717) is 18.3 Å². The van der Waals surface area contributed by atoms with E-state index in [1.807, 2.05) is 6.92 Å². The molecule has 2 heterocycles. The summed E-state index contributed by atoms with van der Waals surface area (Å²) in [6, 6.07) is 0. The number of aromatic nitrogens is 2. The Balaban J connectivity index is 2.02. The van der Waals surface area contributed by atoms with Crippen molar-refractivity contribution in [3.8, 4) is 0 Å². The summed E-state index contributed by atoms with van der Waals surface area (Å²) in [7, 11) is 0. The molecule has 1 N–H and O–H groups in total. The molecule has 1 aliphatic rings. The topological polar surface area (TPSA) is 84.7 Å². The molecule has 1 aliphatic heterocycles. The van der Waals surface area contributed by atoms with E-state index in [-0.39, 0.29) is 18.9 Å². The monoisotopic (exact) mass is 369 g/mol. The van der Waals surface area contributed by atoms with Gasteiger partial charge in [-0.05, 0) is 19.4 Å². The zero-order valence-electron chi connectivity index (χ0n) is 14.6. The Hall–Kier alpha value is -1.86. The molecule has 1 saturated heterocycles. The molecule has 0 aromatic carbocycles. The van der Waals surface area contributed by atoms with E-state index < -0.39 is 12.1 Å². The molecule has 1 unspecified atom stereocenters. The highest BCUT2D eigenvalue weighted by Gasteiger charge is 2.25. The molecule has 1 atom stereocenters. The van der Waals surface area contributed by atoms with Gasteiger partial charge in [0.1, 0.15) is 5.15 Å². The average Bonchev–Trinajstić information content (AvgIpc) is 2.84. The van der Waals surface area contributed by atoms with Crippen molar-refractivity contribution in [3.63, 3.8) is 0 Å². The smallest absolute Gasteiger partial charge is 0.306 e. The second kappa shape index (κ2) is 9.01. The molecule has 1 aromatic rings. The van der Waals surface area contributed by atoms with Crippen LogP contribution in [-0.2, 0) is 20.9 Å². The number of aliphatic carboxylic acids is 1. The van der Waals surface area contributed by atoms with Gasteiger partial charge in [0.15, 0.2) is 0 Å². The fourth-order valence-corrected chi connectivity index (χ4v) is 3.03. The Morgan fingerprint density at radius 2 is 2.24 bits per heavy atom. The Morgan fingerprint density at radius 1 is 1.48 bits per heavy atom. The van der Waals surface area contributed by atoms with Crippen molar-refractivity contribution in [3.05, 3.63) is 22.5 Å². The summed E-state index contributed by atoms with van der Waals surface area (Å²) in [5.74, 6) is -1.12. The van der Waals surface area contributed by atoms with E-state index >= 15 is 0 Å². The fourth-order valence-electron chi connectivity index (χ4n) is 2.71. The molecule has 0 aliphatic carbocycles. The quantitative estimate of drug-likeness (QED) is 0.746. The second-order valence-corrected chi connectivity index (χ2v) is 6.43. The summed E-state index contributed by atoms with van der Waals surface area (Å²) in [4.78, 5) is 24.8. The lowest BCUT2D eigenvalue weighted by Gasteiger charge is -2.31. The van der Waals surface area contributed by atoms with Gasteiger partial charge in [-0.1, -0.05) is 24.9 Å². The van der Waals surface area contributed by atoms with Crippen molar-refractivity contribution >= 4 is 29.6 Å². The van der Waals surface area contributed by atoms with Crippen LogP contribution in [0.5, 0.6) is 0 Å². The first-order chi connectivity index (χ1) is 11.9. The fraction of sp³-hybridized carbons (Fsp3) is 0.588. The summed E-state index contributed by atoms with van der Waals surface area (Å²) in [5.41, 5.74) is 1.51. The Kier molecular flexibility index (Phi) is 7.01. The van der Waals surface area contributed by atoms with Gasteiger partial charge in [-0.2, -0.15) is 5.10 Å². The molecular formula is C17H24ClN3O4. The molecule has 138 valence electrons. The van der Waals surface area contributed by atoms with Crippen LogP contribution in [-0.4, -0.2) is 57.5 Å². The number of hydrogen-bond donors (Lipinski definition) is 1. The molecular weight excluding hydrogens is 346 g/mol. The lowest BCUT2D eigenvalue weighted by atomic mass is 10.2. The lowest BCUT2D eigenvalue weighted by Crippen LogP contribution is -2.45. The van der Waals surface area contributed by atoms with Crippen molar-refractivity contribution < 1.29 is 19.4 Å². The number of aryl methyl sites for hydroxylation is 2. The minimum absolute atomic E-state index is 0.109. The van der Waals surface area contributed by atoms with E-state index in [0.717, 1.165) is 30.6 Å². The molecule has 0 spiro atoms. The molecule has 1 amide bonds. The van der Waals surface area contributed by atoms with Crippen LogP contribution in [0.4, 0.5) is 0 Å². The Bertz CT molecular complexity index is 657. The first kappa shape index (κ1) is 19.5. The number of nitrogens with zero attached hydrogens (tertiary/aromatic N) is 3. The first-order valence-electron chi connectivity index (χ1n) is 8.45. The molecule has 25 heavy (non-hydrogen) atoms. The summed E-state index contributed by atoms with van der Waals surface area (Å²) in [5, 5.41) is 13.8. The number of hydrogen-bond acceptors (Lipinski definition) is 4. The number of unbranched alkanes of at least 4 members (excludes halogenated alkanes) is 1. The predicted molar refractivity (Wildman–Crippen MR) is 94.5 cm³/mol. The van der Waals surface area contributed by atoms with Crippen molar-refractivity contribution in [2.24, 2.45) is 0 Å². The number of rotatable bonds is 7. The summed E-state index contributed by atoms with van der Waals surface area (Å²) >= 11 is 6.35. The van der Waals surface area contributed by atoms with Crippen LogP contribution >= 0.6 is 11.6 Å². The van der Waals surface area contributed by atoms with Gasteiger partial charge < -0.3 is 14.7 Å². The normalized spacial score (nSPS) is 18.0.